The molecule has 0 saturated heterocycles. The smallest absolute Gasteiger partial charge is 0.257 e. The van der Waals surface area contributed by atoms with Crippen molar-refractivity contribution in [2.75, 3.05) is 15.9 Å². The zero-order chi connectivity index (χ0) is 19.9. The van der Waals surface area contributed by atoms with E-state index in [1.165, 1.54) is 21.9 Å². The zero-order valence-electron chi connectivity index (χ0n) is 15.3. The fourth-order valence-corrected chi connectivity index (χ4v) is 5.38. The summed E-state index contributed by atoms with van der Waals surface area (Å²) in [7, 11) is -3.35. The Hall–Kier alpha value is -2.78. The molecular formula is C19H18N4O3S2. The molecule has 0 radical (unpaired) electrons. The number of pyridine rings is 1. The summed E-state index contributed by atoms with van der Waals surface area (Å²) < 4.78 is 25.5. The Morgan fingerprint density at radius 2 is 2.14 bits per heavy atom. The molecule has 0 saturated carbocycles. The van der Waals surface area contributed by atoms with Gasteiger partial charge in [0, 0.05) is 34.9 Å². The molecule has 0 fully saturated rings. The van der Waals surface area contributed by atoms with Gasteiger partial charge in [-0.3, -0.25) is 19.4 Å². The third-order valence-corrected chi connectivity index (χ3v) is 6.56. The topological polar surface area (TPSA) is 92.3 Å². The lowest BCUT2D eigenvalue weighted by Crippen LogP contribution is -2.34. The number of hydrogen-bond donors (Lipinski definition) is 1. The van der Waals surface area contributed by atoms with Crippen LogP contribution in [0.4, 0.5) is 10.8 Å². The van der Waals surface area contributed by atoms with Crippen LogP contribution in [0.15, 0.2) is 48.1 Å². The number of fused-ring (bicyclic) bond motifs is 1. The van der Waals surface area contributed by atoms with Gasteiger partial charge in [-0.15, -0.1) is 11.3 Å². The molecule has 7 nitrogen and oxygen atoms in total. The van der Waals surface area contributed by atoms with Gasteiger partial charge in [0.1, 0.15) is 0 Å². The summed E-state index contributed by atoms with van der Waals surface area (Å²) in [4.78, 5) is 21.1. The standard InChI is InChI=1S/C19H18N4O3S2/c1-12-8-15-9-13(5-6-17(15)23(12)28(2,25)26)18(24)22-19-21-16(11-27-19)14-4-3-7-20-10-14/h3-7,9-12H,8H2,1-2H3,(H,21,22,24). The maximum absolute atomic E-state index is 12.6. The van der Waals surface area contributed by atoms with E-state index in [-0.39, 0.29) is 11.9 Å². The van der Waals surface area contributed by atoms with Crippen molar-refractivity contribution in [2.45, 2.75) is 19.4 Å². The lowest BCUT2D eigenvalue weighted by atomic mass is 10.1. The quantitative estimate of drug-likeness (QED) is 0.708. The largest absolute Gasteiger partial charge is 0.298 e. The van der Waals surface area contributed by atoms with E-state index >= 15 is 0 Å². The monoisotopic (exact) mass is 414 g/mol. The van der Waals surface area contributed by atoms with Gasteiger partial charge in [0.15, 0.2) is 5.13 Å². The highest BCUT2D eigenvalue weighted by molar-refractivity contribution is 7.92. The number of anilines is 2. The second kappa shape index (κ2) is 6.99. The van der Waals surface area contributed by atoms with Gasteiger partial charge in [0.05, 0.1) is 17.6 Å². The lowest BCUT2D eigenvalue weighted by molar-refractivity contribution is 0.102. The van der Waals surface area contributed by atoms with E-state index in [2.05, 4.69) is 15.3 Å². The molecule has 28 heavy (non-hydrogen) atoms. The van der Waals surface area contributed by atoms with Crippen molar-refractivity contribution in [3.63, 3.8) is 0 Å². The molecule has 3 heterocycles. The van der Waals surface area contributed by atoms with Gasteiger partial charge in [0.2, 0.25) is 10.0 Å². The van der Waals surface area contributed by atoms with E-state index in [1.54, 1.807) is 30.6 Å². The second-order valence-electron chi connectivity index (χ2n) is 6.69. The zero-order valence-corrected chi connectivity index (χ0v) is 16.9. The average Bonchev–Trinajstić information content (AvgIpc) is 3.24. The molecule has 1 atom stereocenters. The third kappa shape index (κ3) is 3.50. The van der Waals surface area contributed by atoms with Crippen LogP contribution < -0.4 is 9.62 Å². The molecule has 1 aliphatic heterocycles. The second-order valence-corrected chi connectivity index (χ2v) is 9.41. The van der Waals surface area contributed by atoms with E-state index in [0.29, 0.717) is 22.8 Å². The number of thiazole rings is 1. The van der Waals surface area contributed by atoms with Crippen LogP contribution in [0.2, 0.25) is 0 Å². The van der Waals surface area contributed by atoms with E-state index < -0.39 is 10.0 Å². The van der Waals surface area contributed by atoms with E-state index in [4.69, 9.17) is 0 Å². The Bertz CT molecular complexity index is 1140. The van der Waals surface area contributed by atoms with Crippen LogP contribution in [0.5, 0.6) is 0 Å². The molecular weight excluding hydrogens is 396 g/mol. The highest BCUT2D eigenvalue weighted by atomic mass is 32.2. The Balaban J connectivity index is 1.54. The van der Waals surface area contributed by atoms with Crippen LogP contribution in [0.3, 0.4) is 0 Å². The van der Waals surface area contributed by atoms with Crippen molar-refractivity contribution in [3.8, 4) is 11.3 Å². The Kier molecular flexibility index (Phi) is 4.64. The predicted molar refractivity (Wildman–Crippen MR) is 110 cm³/mol. The first-order chi connectivity index (χ1) is 13.3. The first-order valence-corrected chi connectivity index (χ1v) is 11.4. The van der Waals surface area contributed by atoms with E-state index in [1.807, 2.05) is 24.4 Å². The van der Waals surface area contributed by atoms with Crippen LogP contribution in [0, 0.1) is 0 Å². The van der Waals surface area contributed by atoms with Crippen LogP contribution in [0.1, 0.15) is 22.8 Å². The average molecular weight is 415 g/mol. The van der Waals surface area contributed by atoms with Crippen LogP contribution in [-0.2, 0) is 16.4 Å². The maximum atomic E-state index is 12.6. The Morgan fingerprint density at radius 3 is 2.86 bits per heavy atom. The summed E-state index contributed by atoms with van der Waals surface area (Å²) in [6, 6.07) is 8.66. The Labute approximate surface area is 167 Å². The molecule has 0 aliphatic carbocycles. The first-order valence-electron chi connectivity index (χ1n) is 8.62. The summed E-state index contributed by atoms with van der Waals surface area (Å²) in [5.41, 5.74) is 3.59. The number of carbonyl (C=O) groups excluding carboxylic acids is 1. The number of benzene rings is 1. The third-order valence-electron chi connectivity index (χ3n) is 4.53. The summed E-state index contributed by atoms with van der Waals surface area (Å²) >= 11 is 1.34. The van der Waals surface area contributed by atoms with E-state index in [0.717, 1.165) is 16.8 Å². The molecule has 0 bridgehead atoms. The molecule has 1 N–H and O–H groups in total. The van der Waals surface area contributed by atoms with Gasteiger partial charge in [-0.25, -0.2) is 13.4 Å². The minimum Gasteiger partial charge on any atom is -0.298 e. The van der Waals surface area contributed by atoms with Crippen molar-refractivity contribution in [2.24, 2.45) is 0 Å². The van der Waals surface area contributed by atoms with Gasteiger partial charge in [-0.2, -0.15) is 0 Å². The van der Waals surface area contributed by atoms with Gasteiger partial charge >= 0.3 is 0 Å². The number of rotatable bonds is 4. The minimum absolute atomic E-state index is 0.163. The molecule has 1 aromatic carbocycles. The molecule has 0 spiro atoms. The molecule has 3 aromatic rings. The number of sulfonamides is 1. The summed E-state index contributed by atoms with van der Waals surface area (Å²) in [5, 5.41) is 5.17. The molecule has 4 rings (SSSR count). The predicted octanol–water partition coefficient (Wildman–Crippen LogP) is 3.17. The minimum atomic E-state index is -3.35. The number of nitrogens with zero attached hydrogens (tertiary/aromatic N) is 3. The summed E-state index contributed by atoms with van der Waals surface area (Å²) in [6.45, 7) is 1.86. The molecule has 1 amide bonds. The fraction of sp³-hybridized carbons (Fsp3) is 0.211. The highest BCUT2D eigenvalue weighted by Crippen LogP contribution is 2.35. The number of hydrogen-bond acceptors (Lipinski definition) is 6. The molecule has 9 heteroatoms. The lowest BCUT2D eigenvalue weighted by Gasteiger charge is -2.21. The number of amides is 1. The maximum Gasteiger partial charge on any atom is 0.257 e. The van der Waals surface area contributed by atoms with Crippen molar-refractivity contribution < 1.29 is 13.2 Å². The molecule has 1 aliphatic rings. The number of aromatic nitrogens is 2. The molecule has 2 aromatic heterocycles. The fourth-order valence-electron chi connectivity index (χ4n) is 3.40. The Morgan fingerprint density at radius 1 is 1.32 bits per heavy atom. The molecule has 144 valence electrons. The highest BCUT2D eigenvalue weighted by Gasteiger charge is 2.32. The summed E-state index contributed by atoms with van der Waals surface area (Å²) in [6.07, 6.45) is 5.18. The number of carbonyl (C=O) groups is 1. The summed E-state index contributed by atoms with van der Waals surface area (Å²) in [5.74, 6) is -0.277. The van der Waals surface area contributed by atoms with Crippen LogP contribution in [0.25, 0.3) is 11.3 Å². The first kappa shape index (κ1) is 18.6. The van der Waals surface area contributed by atoms with Gasteiger partial charge in [0.25, 0.3) is 5.91 Å². The SMILES string of the molecule is CC1Cc2cc(C(=O)Nc3nc(-c4cccnc4)cs3)ccc2N1S(C)(=O)=O. The number of nitrogens with one attached hydrogen (secondary N) is 1. The van der Waals surface area contributed by atoms with Crippen LogP contribution in [-0.4, -0.2) is 36.6 Å². The van der Waals surface area contributed by atoms with Crippen molar-refractivity contribution >= 4 is 38.1 Å². The van der Waals surface area contributed by atoms with Gasteiger partial charge in [-0.1, -0.05) is 0 Å². The normalized spacial score (nSPS) is 16.1. The van der Waals surface area contributed by atoms with Crippen molar-refractivity contribution in [1.82, 2.24) is 9.97 Å². The molecule has 1 unspecified atom stereocenters. The van der Waals surface area contributed by atoms with Gasteiger partial charge in [-0.05, 0) is 49.2 Å². The van der Waals surface area contributed by atoms with E-state index in [9.17, 15) is 13.2 Å². The van der Waals surface area contributed by atoms with Crippen LogP contribution >= 0.6 is 11.3 Å². The van der Waals surface area contributed by atoms with Crippen molar-refractivity contribution in [3.05, 3.63) is 59.2 Å². The van der Waals surface area contributed by atoms with Gasteiger partial charge < -0.3 is 0 Å². The van der Waals surface area contributed by atoms with Crippen molar-refractivity contribution in [1.29, 1.82) is 0 Å².